The van der Waals surface area contributed by atoms with Crippen LogP contribution in [0.5, 0.6) is 0 Å². The molecule has 63 heavy (non-hydrogen) atoms. The van der Waals surface area contributed by atoms with E-state index in [0.29, 0.717) is 23.9 Å². The van der Waals surface area contributed by atoms with Crippen molar-refractivity contribution < 1.29 is 42.9 Å². The molecule has 0 aromatic heterocycles. The zero-order valence-corrected chi connectivity index (χ0v) is 39.9. The molecule has 0 N–H and O–H groups in total. The topological polar surface area (TPSA) is 111 Å². The normalized spacial score (nSPS) is 14.0. The number of unbranched alkanes of at least 4 members (excludes halogenated alkanes) is 6. The maximum absolute atomic E-state index is 12.8. The van der Waals surface area contributed by atoms with Crippen molar-refractivity contribution in [3.8, 4) is 0 Å². The summed E-state index contributed by atoms with van der Waals surface area (Å²) >= 11 is 0. The number of carboxylic acids is 1. The molecule has 2 atom stereocenters. The number of carbonyl (C=O) groups excluding carboxylic acids is 3. The van der Waals surface area contributed by atoms with Gasteiger partial charge >= 0.3 is 11.9 Å². The molecule has 354 valence electrons. The van der Waals surface area contributed by atoms with E-state index in [0.717, 1.165) is 103 Å². The second kappa shape index (κ2) is 44.3. The number of carboxylic acid groups (broad SMARTS) is 1. The van der Waals surface area contributed by atoms with E-state index in [1.807, 2.05) is 21.1 Å². The minimum atomic E-state index is -1.65. The molecule has 9 heteroatoms. The van der Waals surface area contributed by atoms with Crippen molar-refractivity contribution in [3.63, 3.8) is 0 Å². The highest BCUT2D eigenvalue weighted by atomic mass is 16.7. The first-order chi connectivity index (χ1) is 30.6. The van der Waals surface area contributed by atoms with Crippen molar-refractivity contribution in [2.75, 3.05) is 47.5 Å². The van der Waals surface area contributed by atoms with Crippen molar-refractivity contribution in [2.45, 2.75) is 155 Å². The first kappa shape index (κ1) is 58.7. The van der Waals surface area contributed by atoms with Gasteiger partial charge in [-0.1, -0.05) is 148 Å². The maximum atomic E-state index is 12.8. The van der Waals surface area contributed by atoms with Crippen LogP contribution in [0.15, 0.2) is 122 Å². The summed E-state index contributed by atoms with van der Waals surface area (Å²) in [6, 6.07) is 0. The minimum absolute atomic E-state index is 0.127. The number of allylic oxidation sites excluding steroid dienone is 20. The summed E-state index contributed by atoms with van der Waals surface area (Å²) in [6.45, 7) is 4.39. The van der Waals surface area contributed by atoms with E-state index >= 15 is 0 Å². The maximum Gasteiger partial charge on any atom is 0.306 e. The van der Waals surface area contributed by atoms with E-state index in [9.17, 15) is 19.5 Å². The largest absolute Gasteiger partial charge is 0.545 e. The molecule has 0 bridgehead atoms. The lowest BCUT2D eigenvalue weighted by Crippen LogP contribution is -2.44. The highest BCUT2D eigenvalue weighted by Gasteiger charge is 2.21. The Hall–Kier alpha value is -4.31. The molecule has 0 spiro atoms. The molecule has 9 nitrogen and oxygen atoms in total. The van der Waals surface area contributed by atoms with E-state index in [4.69, 9.17) is 18.9 Å². The fraction of sp³-hybridized carbons (Fsp3) is 0.574. The molecule has 0 aliphatic rings. The number of nitrogens with zero attached hydrogens (tertiary/aromatic N) is 1. The van der Waals surface area contributed by atoms with E-state index in [2.05, 4.69) is 135 Å². The fourth-order valence-electron chi connectivity index (χ4n) is 5.59. The SMILES string of the molecule is CC/C=C\C/C=C\C/C=C\C/C=C\C/C=C\C/C=C\CCCCC(=O)OC(COC(=O)CCCCCC/C=C\C/C=C\C/C=C\C/C=C\CC)COC(OCC[N+](C)(C)C)C(=O)[O-]. The monoisotopic (exact) mass is 876 g/mol. The predicted molar refractivity (Wildman–Crippen MR) is 260 cm³/mol. The van der Waals surface area contributed by atoms with Crippen LogP contribution in [0.2, 0.25) is 0 Å². The highest BCUT2D eigenvalue weighted by Crippen LogP contribution is 2.10. The smallest absolute Gasteiger partial charge is 0.306 e. The molecule has 0 heterocycles. The number of carbonyl (C=O) groups is 3. The minimum Gasteiger partial charge on any atom is -0.545 e. The summed E-state index contributed by atoms with van der Waals surface area (Å²) in [7, 11) is 5.87. The summed E-state index contributed by atoms with van der Waals surface area (Å²) in [5.74, 6) is -2.40. The Morgan fingerprint density at radius 2 is 0.857 bits per heavy atom. The van der Waals surface area contributed by atoms with E-state index in [-0.39, 0.29) is 32.7 Å². The van der Waals surface area contributed by atoms with Crippen molar-refractivity contribution in [3.05, 3.63) is 122 Å². The molecule has 0 rings (SSSR count). The number of ether oxygens (including phenoxy) is 4. The molecule has 0 aliphatic carbocycles. The summed E-state index contributed by atoms with van der Waals surface area (Å²) in [5.41, 5.74) is 0. The third-order valence-corrected chi connectivity index (χ3v) is 9.20. The summed E-state index contributed by atoms with van der Waals surface area (Å²) in [5, 5.41) is 11.7. The molecule has 2 unspecified atom stereocenters. The van der Waals surface area contributed by atoms with Gasteiger partial charge in [0.1, 0.15) is 13.2 Å². The van der Waals surface area contributed by atoms with Crippen LogP contribution in [0.3, 0.4) is 0 Å². The van der Waals surface area contributed by atoms with Gasteiger partial charge in [0.25, 0.3) is 0 Å². The van der Waals surface area contributed by atoms with Crippen LogP contribution in [0.1, 0.15) is 142 Å². The Bertz CT molecular complexity index is 1440. The predicted octanol–water partition coefficient (Wildman–Crippen LogP) is 11.7. The number of likely N-dealkylation sites (N-methyl/N-ethyl adjacent to an activating group) is 1. The van der Waals surface area contributed by atoms with Crippen LogP contribution < -0.4 is 5.11 Å². The van der Waals surface area contributed by atoms with Crippen LogP contribution in [0.4, 0.5) is 0 Å². The molecule has 0 saturated carbocycles. The number of hydrogen-bond acceptors (Lipinski definition) is 8. The molecule has 0 amide bonds. The molecular weight excluding hydrogens is 791 g/mol. The van der Waals surface area contributed by atoms with Crippen molar-refractivity contribution in [1.29, 1.82) is 0 Å². The van der Waals surface area contributed by atoms with Gasteiger partial charge in [-0.3, -0.25) is 9.59 Å². The number of quaternary nitrogens is 1. The lowest BCUT2D eigenvalue weighted by atomic mass is 10.1. The summed E-state index contributed by atoms with van der Waals surface area (Å²) < 4.78 is 22.5. The quantitative estimate of drug-likeness (QED) is 0.0196. The van der Waals surface area contributed by atoms with Gasteiger partial charge in [0, 0.05) is 12.8 Å². The fourth-order valence-corrected chi connectivity index (χ4v) is 5.59. The summed E-state index contributed by atoms with van der Waals surface area (Å²) in [6.07, 6.45) is 58.0. The van der Waals surface area contributed by atoms with Crippen LogP contribution in [0, 0.1) is 0 Å². The van der Waals surface area contributed by atoms with Gasteiger partial charge in [0.2, 0.25) is 0 Å². The van der Waals surface area contributed by atoms with Crippen LogP contribution in [0.25, 0.3) is 0 Å². The first-order valence-electron chi connectivity index (χ1n) is 23.7. The van der Waals surface area contributed by atoms with Gasteiger partial charge in [-0.05, 0) is 103 Å². The zero-order valence-electron chi connectivity index (χ0n) is 39.9. The average molecular weight is 876 g/mol. The van der Waals surface area contributed by atoms with Gasteiger partial charge in [0.05, 0.1) is 40.3 Å². The van der Waals surface area contributed by atoms with Crippen molar-refractivity contribution in [1.82, 2.24) is 0 Å². The van der Waals surface area contributed by atoms with E-state index < -0.39 is 30.3 Å². The molecule has 0 radical (unpaired) electrons. The first-order valence-corrected chi connectivity index (χ1v) is 23.7. The molecular formula is C54H85NO8. The molecule has 0 fully saturated rings. The number of aliphatic carboxylic acids is 1. The Labute approximate surface area is 383 Å². The summed E-state index contributed by atoms with van der Waals surface area (Å²) in [4.78, 5) is 37.1. The van der Waals surface area contributed by atoms with E-state index in [1.54, 1.807) is 0 Å². The third kappa shape index (κ3) is 45.5. The second-order valence-electron chi connectivity index (χ2n) is 16.3. The third-order valence-electron chi connectivity index (χ3n) is 9.20. The molecule has 0 aromatic rings. The Morgan fingerprint density at radius 1 is 0.476 bits per heavy atom. The van der Waals surface area contributed by atoms with Gasteiger partial charge in [-0.25, -0.2) is 0 Å². The lowest BCUT2D eigenvalue weighted by Gasteiger charge is -2.26. The Kier molecular flexibility index (Phi) is 41.3. The van der Waals surface area contributed by atoms with Crippen molar-refractivity contribution >= 4 is 17.9 Å². The van der Waals surface area contributed by atoms with Crippen LogP contribution in [-0.2, 0) is 33.3 Å². The standard InChI is InChI=1S/C54H85NO8/c1-6-8-10-12-14-16-18-20-22-24-25-26-27-29-31-33-35-37-39-41-43-45-52(57)63-50(49-62-54(53(58)59)60-47-46-55(3,4)5)48-61-51(56)44-42-40-38-36-34-32-30-28-23-21-19-17-15-13-11-9-7-2/h8-11,14-17,20-23,25-26,29-32,35,37,50,54H,6-7,12-13,18-19,24,27-28,33-34,36,38-49H2,1-5H3/b10-8-,11-9-,16-14-,17-15-,22-20-,23-21-,26-25-,31-29-,32-30-,37-35-. The Balaban J connectivity index is 4.57. The number of rotatable bonds is 41. The van der Waals surface area contributed by atoms with Crippen molar-refractivity contribution in [2.24, 2.45) is 0 Å². The molecule has 0 aliphatic heterocycles. The van der Waals surface area contributed by atoms with Crippen LogP contribution in [-0.4, -0.2) is 82.3 Å². The second-order valence-corrected chi connectivity index (χ2v) is 16.3. The van der Waals surface area contributed by atoms with Gasteiger partial charge in [-0.2, -0.15) is 0 Å². The number of esters is 2. The molecule has 0 aromatic carbocycles. The lowest BCUT2D eigenvalue weighted by molar-refractivity contribution is -0.870. The zero-order chi connectivity index (χ0) is 46.3. The van der Waals surface area contributed by atoms with Crippen LogP contribution >= 0.6 is 0 Å². The average Bonchev–Trinajstić information content (AvgIpc) is 3.24. The van der Waals surface area contributed by atoms with Gasteiger partial charge < -0.3 is 33.3 Å². The molecule has 0 saturated heterocycles. The van der Waals surface area contributed by atoms with Gasteiger partial charge in [-0.15, -0.1) is 0 Å². The van der Waals surface area contributed by atoms with Gasteiger partial charge in [0.15, 0.2) is 12.4 Å². The number of hydrogen-bond donors (Lipinski definition) is 0. The van der Waals surface area contributed by atoms with E-state index in [1.165, 1.54) is 0 Å². The Morgan fingerprint density at radius 3 is 1.29 bits per heavy atom. The highest BCUT2D eigenvalue weighted by molar-refractivity contribution is 5.70.